The number of carbonyl (C=O) groups is 1. The highest BCUT2D eigenvalue weighted by molar-refractivity contribution is 9.10. The van der Waals surface area contributed by atoms with E-state index < -0.39 is 5.97 Å². The number of aromatic nitrogens is 2. The molecule has 7 heteroatoms. The predicted octanol–water partition coefficient (Wildman–Crippen LogP) is 2.21. The molecular formula is C14H15BrN4O2. The summed E-state index contributed by atoms with van der Waals surface area (Å²) >= 11 is 3.36. The van der Waals surface area contributed by atoms with Crippen molar-refractivity contribution in [3.63, 3.8) is 0 Å². The number of nitrogens with two attached hydrogens (primary N) is 1. The summed E-state index contributed by atoms with van der Waals surface area (Å²) in [6, 6.07) is 9.11. The topological polar surface area (TPSA) is 82.5 Å². The van der Waals surface area contributed by atoms with E-state index in [9.17, 15) is 4.79 Å². The minimum Gasteiger partial charge on any atom is -0.380 e. The molecule has 21 heavy (non-hydrogen) atoms. The van der Waals surface area contributed by atoms with Crippen molar-refractivity contribution in [3.05, 3.63) is 52.3 Å². The molecule has 1 heterocycles. The van der Waals surface area contributed by atoms with Gasteiger partial charge in [-0.25, -0.2) is 4.79 Å². The molecule has 0 aliphatic heterocycles. The van der Waals surface area contributed by atoms with E-state index in [1.807, 2.05) is 25.1 Å². The second-order valence-corrected chi connectivity index (χ2v) is 5.21. The van der Waals surface area contributed by atoms with Gasteiger partial charge in [0.25, 0.3) is 0 Å². The molecule has 0 spiro atoms. The van der Waals surface area contributed by atoms with Gasteiger partial charge in [0.1, 0.15) is 0 Å². The first kappa shape index (κ1) is 15.2. The summed E-state index contributed by atoms with van der Waals surface area (Å²) < 4.78 is 2.62. The van der Waals surface area contributed by atoms with Crippen molar-refractivity contribution in [2.24, 2.45) is 10.9 Å². The van der Waals surface area contributed by atoms with Crippen molar-refractivity contribution in [2.45, 2.75) is 19.9 Å². The molecule has 2 rings (SSSR count). The molecule has 0 amide bonds. The third-order valence-electron chi connectivity index (χ3n) is 2.89. The fraction of sp³-hybridized carbons (Fsp3) is 0.214. The van der Waals surface area contributed by atoms with E-state index in [0.717, 1.165) is 10.2 Å². The van der Waals surface area contributed by atoms with Crippen LogP contribution in [0.2, 0.25) is 0 Å². The Labute approximate surface area is 130 Å². The van der Waals surface area contributed by atoms with Crippen molar-refractivity contribution >= 4 is 27.7 Å². The molecule has 6 nitrogen and oxygen atoms in total. The van der Waals surface area contributed by atoms with Crippen molar-refractivity contribution < 1.29 is 9.63 Å². The zero-order chi connectivity index (χ0) is 15.2. The van der Waals surface area contributed by atoms with Crippen LogP contribution in [-0.2, 0) is 16.2 Å². The number of nitrogens with zero attached hydrogens (tertiary/aromatic N) is 3. The maximum Gasteiger partial charge on any atom is 0.336 e. The number of benzene rings is 1. The highest BCUT2D eigenvalue weighted by atomic mass is 79.9. The van der Waals surface area contributed by atoms with Crippen LogP contribution >= 0.6 is 15.9 Å². The van der Waals surface area contributed by atoms with Crippen LogP contribution in [0.3, 0.4) is 0 Å². The minimum absolute atomic E-state index is 0.167. The average Bonchev–Trinajstić information content (AvgIpc) is 2.83. The van der Waals surface area contributed by atoms with Crippen LogP contribution in [0.5, 0.6) is 0 Å². The number of aryl methyl sites for hydroxylation is 1. The Hall–Kier alpha value is -2.15. The lowest BCUT2D eigenvalue weighted by Crippen LogP contribution is -2.16. The first-order valence-corrected chi connectivity index (χ1v) is 7.14. The second-order valence-electron chi connectivity index (χ2n) is 4.36. The summed E-state index contributed by atoms with van der Waals surface area (Å²) in [5, 5.41) is 7.77. The lowest BCUT2D eigenvalue weighted by Gasteiger charge is -2.03. The van der Waals surface area contributed by atoms with Gasteiger partial charge in [0.2, 0.25) is 0 Å². The van der Waals surface area contributed by atoms with Gasteiger partial charge >= 0.3 is 5.97 Å². The van der Waals surface area contributed by atoms with Crippen LogP contribution in [0.4, 0.5) is 0 Å². The first-order valence-electron chi connectivity index (χ1n) is 6.34. The number of halogens is 1. The highest BCUT2D eigenvalue weighted by Crippen LogP contribution is 2.14. The van der Waals surface area contributed by atoms with E-state index >= 15 is 0 Å². The Morgan fingerprint density at radius 2 is 2.14 bits per heavy atom. The molecule has 1 aromatic carbocycles. The molecule has 0 aliphatic rings. The predicted molar refractivity (Wildman–Crippen MR) is 82.5 cm³/mol. The van der Waals surface area contributed by atoms with Gasteiger partial charge in [-0.3, -0.25) is 4.68 Å². The Kier molecular flexibility index (Phi) is 5.10. The summed E-state index contributed by atoms with van der Waals surface area (Å²) in [4.78, 5) is 16.4. The molecule has 2 aromatic rings. The molecule has 0 atom stereocenters. The molecular weight excluding hydrogens is 336 g/mol. The summed E-state index contributed by atoms with van der Waals surface area (Å²) in [7, 11) is 0. The summed E-state index contributed by atoms with van der Waals surface area (Å²) in [5.74, 6) is -0.290. The molecule has 0 fully saturated rings. The summed E-state index contributed by atoms with van der Waals surface area (Å²) in [6.45, 7) is 2.34. The van der Waals surface area contributed by atoms with E-state index in [0.29, 0.717) is 12.1 Å². The van der Waals surface area contributed by atoms with Crippen LogP contribution in [0.15, 0.2) is 46.2 Å². The van der Waals surface area contributed by atoms with E-state index in [4.69, 9.17) is 10.6 Å². The average molecular weight is 351 g/mol. The summed E-state index contributed by atoms with van der Waals surface area (Å²) in [6.07, 6.45) is 1.85. The lowest BCUT2D eigenvalue weighted by molar-refractivity contribution is -0.143. The van der Waals surface area contributed by atoms with Crippen molar-refractivity contribution in [1.29, 1.82) is 0 Å². The SMILES string of the molecule is Cc1c(Br)cnn1CCC(=O)O/N=C(\N)c1ccccc1. The zero-order valence-corrected chi connectivity index (χ0v) is 13.1. The molecule has 0 bridgehead atoms. The maximum absolute atomic E-state index is 11.6. The van der Waals surface area contributed by atoms with Crippen LogP contribution in [0, 0.1) is 6.92 Å². The van der Waals surface area contributed by atoms with Gasteiger partial charge in [-0.05, 0) is 22.9 Å². The molecule has 0 radical (unpaired) electrons. The van der Waals surface area contributed by atoms with E-state index in [2.05, 4.69) is 26.2 Å². The number of rotatable bonds is 5. The number of amidine groups is 1. The normalized spacial score (nSPS) is 11.4. The molecule has 1 aromatic heterocycles. The van der Waals surface area contributed by atoms with E-state index in [1.165, 1.54) is 0 Å². The van der Waals surface area contributed by atoms with Crippen molar-refractivity contribution in [3.8, 4) is 0 Å². The Morgan fingerprint density at radius 3 is 2.76 bits per heavy atom. The van der Waals surface area contributed by atoms with Crippen LogP contribution in [0.1, 0.15) is 17.7 Å². The standard InChI is InChI=1S/C14H15BrN4O2/c1-10-12(15)9-17-19(10)8-7-13(20)21-18-14(16)11-5-3-2-4-6-11/h2-6,9H,7-8H2,1H3,(H2,16,18). The fourth-order valence-corrected chi connectivity index (χ4v) is 1.95. The largest absolute Gasteiger partial charge is 0.380 e. The lowest BCUT2D eigenvalue weighted by atomic mass is 10.2. The van der Waals surface area contributed by atoms with Gasteiger partial charge in [0.15, 0.2) is 5.84 Å². The second kappa shape index (κ2) is 7.03. The smallest absolute Gasteiger partial charge is 0.336 e. The van der Waals surface area contributed by atoms with Gasteiger partial charge in [-0.1, -0.05) is 35.5 Å². The first-order chi connectivity index (χ1) is 10.1. The number of oxime groups is 1. The maximum atomic E-state index is 11.6. The third kappa shape index (κ3) is 4.16. The van der Waals surface area contributed by atoms with Crippen molar-refractivity contribution in [1.82, 2.24) is 9.78 Å². The monoisotopic (exact) mass is 350 g/mol. The zero-order valence-electron chi connectivity index (χ0n) is 11.5. The number of hydrogen-bond donors (Lipinski definition) is 1. The van der Waals surface area contributed by atoms with Crippen molar-refractivity contribution in [2.75, 3.05) is 0 Å². The number of hydrogen-bond acceptors (Lipinski definition) is 4. The van der Waals surface area contributed by atoms with Gasteiger partial charge in [-0.15, -0.1) is 0 Å². The molecule has 0 aliphatic carbocycles. The quantitative estimate of drug-likeness (QED) is 0.388. The van der Waals surface area contributed by atoms with Gasteiger partial charge in [0, 0.05) is 11.3 Å². The Balaban J connectivity index is 1.86. The van der Waals surface area contributed by atoms with Gasteiger partial charge < -0.3 is 10.6 Å². The minimum atomic E-state index is -0.458. The third-order valence-corrected chi connectivity index (χ3v) is 3.66. The fourth-order valence-electron chi connectivity index (χ4n) is 1.65. The van der Waals surface area contributed by atoms with Crippen LogP contribution < -0.4 is 5.73 Å². The van der Waals surface area contributed by atoms with E-state index in [1.54, 1.807) is 23.0 Å². The Bertz CT molecular complexity index is 652. The molecule has 110 valence electrons. The van der Waals surface area contributed by atoms with Gasteiger partial charge in [-0.2, -0.15) is 5.10 Å². The molecule has 0 unspecified atom stereocenters. The van der Waals surface area contributed by atoms with E-state index in [-0.39, 0.29) is 12.3 Å². The molecule has 2 N–H and O–H groups in total. The van der Waals surface area contributed by atoms with Crippen LogP contribution in [0.25, 0.3) is 0 Å². The summed E-state index contributed by atoms with van der Waals surface area (Å²) in [5.41, 5.74) is 7.39. The van der Waals surface area contributed by atoms with Gasteiger partial charge in [0.05, 0.1) is 23.6 Å². The highest BCUT2D eigenvalue weighted by Gasteiger charge is 2.08. The molecule has 0 saturated carbocycles. The van der Waals surface area contributed by atoms with Crippen LogP contribution in [-0.4, -0.2) is 21.6 Å². The molecule has 0 saturated heterocycles. The number of carbonyl (C=O) groups excluding carboxylic acids is 1. The Morgan fingerprint density at radius 1 is 1.43 bits per heavy atom.